The lowest BCUT2D eigenvalue weighted by atomic mass is 10.3. The van der Waals surface area contributed by atoms with E-state index in [1.54, 1.807) is 7.11 Å². The Morgan fingerprint density at radius 1 is 1.36 bits per heavy atom. The van der Waals surface area contributed by atoms with Crippen LogP contribution in [0.4, 0.5) is 0 Å². The number of likely N-dealkylation sites (tertiary alicyclic amines) is 1. The van der Waals surface area contributed by atoms with Gasteiger partial charge in [0.1, 0.15) is 0 Å². The summed E-state index contributed by atoms with van der Waals surface area (Å²) in [7, 11) is 1.78. The summed E-state index contributed by atoms with van der Waals surface area (Å²) in [5.74, 6) is 3.09. The van der Waals surface area contributed by atoms with Gasteiger partial charge < -0.3 is 9.64 Å². The molecule has 3 atom stereocenters. The van der Waals surface area contributed by atoms with Crippen molar-refractivity contribution >= 4 is 0 Å². The van der Waals surface area contributed by atoms with E-state index in [-0.39, 0.29) is 0 Å². The molecule has 1 aliphatic carbocycles. The quantitative estimate of drug-likeness (QED) is 0.598. The van der Waals surface area contributed by atoms with Crippen LogP contribution in [0.1, 0.15) is 6.92 Å². The maximum Gasteiger partial charge on any atom is 0.0589 e. The van der Waals surface area contributed by atoms with E-state index in [1.807, 2.05) is 0 Å². The minimum Gasteiger partial charge on any atom is -0.383 e. The van der Waals surface area contributed by atoms with Crippen molar-refractivity contribution in [3.63, 3.8) is 0 Å². The highest BCUT2D eigenvalue weighted by Gasteiger charge is 2.52. The number of fused-ring (bicyclic) bond motifs is 1. The van der Waals surface area contributed by atoms with E-state index in [4.69, 9.17) is 4.74 Å². The molecule has 0 bridgehead atoms. The highest BCUT2D eigenvalue weighted by atomic mass is 16.5. The predicted octanol–water partition coefficient (Wildman–Crippen LogP) is 0.831. The average molecular weight is 155 g/mol. The molecule has 1 heterocycles. The third kappa shape index (κ3) is 1.30. The van der Waals surface area contributed by atoms with Crippen molar-refractivity contribution in [1.82, 2.24) is 4.90 Å². The van der Waals surface area contributed by atoms with Crippen LogP contribution in [-0.2, 0) is 4.74 Å². The molecular formula is C9H17NO. The zero-order valence-corrected chi connectivity index (χ0v) is 7.42. The third-order valence-corrected chi connectivity index (χ3v) is 3.31. The van der Waals surface area contributed by atoms with E-state index in [0.29, 0.717) is 0 Å². The van der Waals surface area contributed by atoms with Crippen LogP contribution in [0, 0.1) is 17.8 Å². The van der Waals surface area contributed by atoms with Gasteiger partial charge in [-0.1, -0.05) is 6.92 Å². The predicted molar refractivity (Wildman–Crippen MR) is 44.5 cm³/mol. The molecule has 64 valence electrons. The maximum atomic E-state index is 5.04. The first-order valence-electron chi connectivity index (χ1n) is 4.54. The summed E-state index contributed by atoms with van der Waals surface area (Å²) in [5.41, 5.74) is 0. The summed E-state index contributed by atoms with van der Waals surface area (Å²) >= 11 is 0. The fourth-order valence-corrected chi connectivity index (χ4v) is 2.31. The van der Waals surface area contributed by atoms with Crippen molar-refractivity contribution < 1.29 is 4.74 Å². The molecule has 0 unspecified atom stereocenters. The fourth-order valence-electron chi connectivity index (χ4n) is 2.31. The van der Waals surface area contributed by atoms with E-state index in [1.165, 1.54) is 13.1 Å². The Kier molecular flexibility index (Phi) is 1.90. The Hall–Kier alpha value is -0.0800. The molecule has 0 spiro atoms. The Labute approximate surface area is 68.5 Å². The first kappa shape index (κ1) is 7.56. The number of hydrogen-bond donors (Lipinski definition) is 0. The minimum atomic E-state index is 0.897. The molecular weight excluding hydrogens is 138 g/mol. The van der Waals surface area contributed by atoms with Crippen molar-refractivity contribution in [2.45, 2.75) is 6.92 Å². The number of ether oxygens (including phenoxy) is 1. The molecule has 11 heavy (non-hydrogen) atoms. The number of rotatable bonds is 3. The summed E-state index contributed by atoms with van der Waals surface area (Å²) in [6.07, 6.45) is 0. The average Bonchev–Trinajstić information content (AvgIpc) is 2.54. The summed E-state index contributed by atoms with van der Waals surface area (Å²) in [6, 6.07) is 0. The van der Waals surface area contributed by atoms with Gasteiger partial charge in [0.25, 0.3) is 0 Å². The molecule has 0 aromatic carbocycles. The normalized spacial score (nSPS) is 42.5. The molecule has 2 fully saturated rings. The lowest BCUT2D eigenvalue weighted by molar-refractivity contribution is 0.152. The van der Waals surface area contributed by atoms with Gasteiger partial charge in [0.2, 0.25) is 0 Å². The van der Waals surface area contributed by atoms with Gasteiger partial charge >= 0.3 is 0 Å². The number of hydrogen-bond acceptors (Lipinski definition) is 2. The van der Waals surface area contributed by atoms with Crippen LogP contribution in [0.5, 0.6) is 0 Å². The monoisotopic (exact) mass is 155 g/mol. The standard InChI is InChI=1S/C9H17NO/c1-7-8-5-10(3-4-11-2)6-9(7)8/h7-9H,3-6H2,1-2H3/t7-,8-,9+. The lowest BCUT2D eigenvalue weighted by Crippen LogP contribution is -2.27. The smallest absolute Gasteiger partial charge is 0.0589 e. The number of methoxy groups -OCH3 is 1. The lowest BCUT2D eigenvalue weighted by Gasteiger charge is -2.17. The van der Waals surface area contributed by atoms with Gasteiger partial charge in [0, 0.05) is 26.7 Å². The van der Waals surface area contributed by atoms with Crippen LogP contribution < -0.4 is 0 Å². The molecule has 0 aromatic rings. The third-order valence-electron chi connectivity index (χ3n) is 3.31. The molecule has 0 N–H and O–H groups in total. The highest BCUT2D eigenvalue weighted by Crippen LogP contribution is 2.50. The zero-order valence-electron chi connectivity index (χ0n) is 7.42. The first-order chi connectivity index (χ1) is 5.33. The molecule has 1 saturated carbocycles. The van der Waals surface area contributed by atoms with Crippen molar-refractivity contribution in [2.75, 3.05) is 33.4 Å². The van der Waals surface area contributed by atoms with E-state index in [2.05, 4.69) is 11.8 Å². The van der Waals surface area contributed by atoms with Crippen LogP contribution in [-0.4, -0.2) is 38.3 Å². The summed E-state index contributed by atoms with van der Waals surface area (Å²) in [4.78, 5) is 2.53. The van der Waals surface area contributed by atoms with Gasteiger partial charge in [-0.05, 0) is 17.8 Å². The van der Waals surface area contributed by atoms with Gasteiger partial charge in [0.15, 0.2) is 0 Å². The Morgan fingerprint density at radius 3 is 2.55 bits per heavy atom. The number of nitrogens with zero attached hydrogens (tertiary/aromatic N) is 1. The van der Waals surface area contributed by atoms with Crippen molar-refractivity contribution in [3.05, 3.63) is 0 Å². The highest BCUT2D eigenvalue weighted by molar-refractivity contribution is 5.02. The topological polar surface area (TPSA) is 12.5 Å². The largest absolute Gasteiger partial charge is 0.383 e. The van der Waals surface area contributed by atoms with E-state index < -0.39 is 0 Å². The van der Waals surface area contributed by atoms with Gasteiger partial charge in [-0.2, -0.15) is 0 Å². The second-order valence-corrected chi connectivity index (χ2v) is 3.94. The van der Waals surface area contributed by atoms with E-state index in [9.17, 15) is 0 Å². The number of piperidine rings is 1. The molecule has 2 heteroatoms. The van der Waals surface area contributed by atoms with Gasteiger partial charge in [-0.3, -0.25) is 0 Å². The van der Waals surface area contributed by atoms with E-state index in [0.717, 1.165) is 30.9 Å². The second kappa shape index (κ2) is 2.76. The molecule has 0 aromatic heterocycles. The van der Waals surface area contributed by atoms with Crippen molar-refractivity contribution in [2.24, 2.45) is 17.8 Å². The van der Waals surface area contributed by atoms with Gasteiger partial charge in [0.05, 0.1) is 6.61 Å². The molecule has 2 aliphatic rings. The summed E-state index contributed by atoms with van der Waals surface area (Å²) < 4.78 is 5.04. The van der Waals surface area contributed by atoms with Crippen LogP contribution in [0.3, 0.4) is 0 Å². The summed E-state index contributed by atoms with van der Waals surface area (Å²) in [5, 5.41) is 0. The Bertz CT molecular complexity index is 136. The SMILES string of the molecule is COCCN1C[C@@H]2[C@@H](C)[C@@H]2C1. The molecule has 1 aliphatic heterocycles. The first-order valence-corrected chi connectivity index (χ1v) is 4.54. The van der Waals surface area contributed by atoms with Gasteiger partial charge in [-0.25, -0.2) is 0 Å². The Morgan fingerprint density at radius 2 is 2.00 bits per heavy atom. The molecule has 0 amide bonds. The summed E-state index contributed by atoms with van der Waals surface area (Å²) in [6.45, 7) is 7.07. The van der Waals surface area contributed by atoms with Crippen LogP contribution in [0.25, 0.3) is 0 Å². The van der Waals surface area contributed by atoms with Gasteiger partial charge in [-0.15, -0.1) is 0 Å². The van der Waals surface area contributed by atoms with E-state index >= 15 is 0 Å². The van der Waals surface area contributed by atoms with Crippen molar-refractivity contribution in [3.8, 4) is 0 Å². The Balaban J connectivity index is 1.69. The molecule has 1 saturated heterocycles. The van der Waals surface area contributed by atoms with Crippen LogP contribution in [0.2, 0.25) is 0 Å². The molecule has 2 nitrogen and oxygen atoms in total. The van der Waals surface area contributed by atoms with Crippen molar-refractivity contribution in [1.29, 1.82) is 0 Å². The fraction of sp³-hybridized carbons (Fsp3) is 1.00. The second-order valence-electron chi connectivity index (χ2n) is 3.94. The van der Waals surface area contributed by atoms with Crippen LogP contribution in [0.15, 0.2) is 0 Å². The maximum absolute atomic E-state index is 5.04. The molecule has 0 radical (unpaired) electrons. The zero-order chi connectivity index (χ0) is 7.84. The van der Waals surface area contributed by atoms with Crippen LogP contribution >= 0.6 is 0 Å². The minimum absolute atomic E-state index is 0.897. The molecule has 2 rings (SSSR count).